The summed E-state index contributed by atoms with van der Waals surface area (Å²) in [6.07, 6.45) is 2.02. The van der Waals surface area contributed by atoms with E-state index in [9.17, 15) is 5.11 Å². The van der Waals surface area contributed by atoms with Crippen molar-refractivity contribution in [2.24, 2.45) is 11.7 Å². The van der Waals surface area contributed by atoms with Crippen molar-refractivity contribution in [1.82, 2.24) is 0 Å². The molecule has 0 bridgehead atoms. The lowest BCUT2D eigenvalue weighted by Crippen LogP contribution is -2.18. The topological polar surface area (TPSA) is 46.2 Å². The maximum absolute atomic E-state index is 9.29. The van der Waals surface area contributed by atoms with Crippen molar-refractivity contribution in [3.8, 4) is 5.75 Å². The Kier molecular flexibility index (Phi) is 2.80. The number of phenols is 1. The fourth-order valence-electron chi connectivity index (χ4n) is 2.84. The van der Waals surface area contributed by atoms with Gasteiger partial charge in [0.15, 0.2) is 0 Å². The van der Waals surface area contributed by atoms with E-state index < -0.39 is 0 Å². The number of fused-ring (bicyclic) bond motifs is 1. The first-order valence-electron chi connectivity index (χ1n) is 6.35. The number of hydrogen-bond acceptors (Lipinski definition) is 2. The Morgan fingerprint density at radius 1 is 1.06 bits per heavy atom. The summed E-state index contributed by atoms with van der Waals surface area (Å²) in [5, 5.41) is 9.29. The highest BCUT2D eigenvalue weighted by molar-refractivity contribution is 5.36. The summed E-state index contributed by atoms with van der Waals surface area (Å²) >= 11 is 0. The number of rotatable bonds is 2. The van der Waals surface area contributed by atoms with Crippen molar-refractivity contribution in [2.75, 3.05) is 0 Å². The number of phenolic OH excluding ortho intramolecular Hbond substituents is 1. The van der Waals surface area contributed by atoms with E-state index in [1.54, 1.807) is 12.1 Å². The first kappa shape index (κ1) is 11.3. The highest BCUT2D eigenvalue weighted by Crippen LogP contribution is 2.36. The number of hydrogen-bond donors (Lipinski definition) is 2. The van der Waals surface area contributed by atoms with Gasteiger partial charge in [-0.05, 0) is 47.6 Å². The van der Waals surface area contributed by atoms with E-state index in [1.807, 2.05) is 12.1 Å². The second kappa shape index (κ2) is 4.46. The number of nitrogens with two attached hydrogens (primary N) is 1. The molecule has 2 heteroatoms. The summed E-state index contributed by atoms with van der Waals surface area (Å²) < 4.78 is 0. The van der Waals surface area contributed by atoms with Crippen LogP contribution in [-0.2, 0) is 12.8 Å². The van der Waals surface area contributed by atoms with Gasteiger partial charge in [-0.2, -0.15) is 0 Å². The van der Waals surface area contributed by atoms with Gasteiger partial charge in [-0.1, -0.05) is 36.4 Å². The third-order valence-electron chi connectivity index (χ3n) is 3.84. The Balaban J connectivity index is 1.78. The van der Waals surface area contributed by atoms with Gasteiger partial charge in [-0.25, -0.2) is 0 Å². The molecule has 3 rings (SSSR count). The molecule has 0 aromatic heterocycles. The predicted molar refractivity (Wildman–Crippen MR) is 72.4 cm³/mol. The highest BCUT2D eigenvalue weighted by atomic mass is 16.3. The lowest BCUT2D eigenvalue weighted by atomic mass is 9.93. The fraction of sp³-hybridized carbons (Fsp3) is 0.250. The Hall–Kier alpha value is -1.80. The molecule has 92 valence electrons. The van der Waals surface area contributed by atoms with Crippen LogP contribution in [0.3, 0.4) is 0 Å². The highest BCUT2D eigenvalue weighted by Gasteiger charge is 2.29. The third kappa shape index (κ3) is 2.00. The SMILES string of the molecule is NC1c2ccccc2CC1Cc1ccc(O)cc1. The van der Waals surface area contributed by atoms with Crippen molar-refractivity contribution in [2.45, 2.75) is 18.9 Å². The van der Waals surface area contributed by atoms with Crippen molar-refractivity contribution < 1.29 is 5.11 Å². The van der Waals surface area contributed by atoms with Crippen LogP contribution in [0.2, 0.25) is 0 Å². The van der Waals surface area contributed by atoms with Gasteiger partial charge in [-0.15, -0.1) is 0 Å². The molecule has 1 aliphatic rings. The number of aromatic hydroxyl groups is 1. The first-order chi connectivity index (χ1) is 8.74. The van der Waals surface area contributed by atoms with E-state index in [4.69, 9.17) is 5.73 Å². The van der Waals surface area contributed by atoms with Gasteiger partial charge in [0.25, 0.3) is 0 Å². The molecule has 0 fully saturated rings. The van der Waals surface area contributed by atoms with Crippen LogP contribution in [-0.4, -0.2) is 5.11 Å². The average molecular weight is 239 g/mol. The van der Waals surface area contributed by atoms with Crippen molar-refractivity contribution in [3.63, 3.8) is 0 Å². The Bertz CT molecular complexity index is 547. The van der Waals surface area contributed by atoms with Crippen molar-refractivity contribution in [3.05, 3.63) is 65.2 Å². The normalized spacial score (nSPS) is 21.8. The Morgan fingerprint density at radius 2 is 1.78 bits per heavy atom. The zero-order chi connectivity index (χ0) is 12.5. The van der Waals surface area contributed by atoms with Gasteiger partial charge in [0.1, 0.15) is 5.75 Å². The summed E-state index contributed by atoms with van der Waals surface area (Å²) in [6, 6.07) is 16.0. The van der Waals surface area contributed by atoms with E-state index in [0.717, 1.165) is 12.8 Å². The zero-order valence-electron chi connectivity index (χ0n) is 10.2. The van der Waals surface area contributed by atoms with Crippen LogP contribution in [0, 0.1) is 5.92 Å². The van der Waals surface area contributed by atoms with E-state index >= 15 is 0 Å². The summed E-state index contributed by atoms with van der Waals surface area (Å²) in [7, 11) is 0. The van der Waals surface area contributed by atoms with Gasteiger partial charge in [0.2, 0.25) is 0 Å². The van der Waals surface area contributed by atoms with E-state index in [1.165, 1.54) is 16.7 Å². The van der Waals surface area contributed by atoms with Crippen LogP contribution in [0.25, 0.3) is 0 Å². The first-order valence-corrected chi connectivity index (χ1v) is 6.35. The van der Waals surface area contributed by atoms with Crippen LogP contribution >= 0.6 is 0 Å². The third-order valence-corrected chi connectivity index (χ3v) is 3.84. The molecule has 0 amide bonds. The van der Waals surface area contributed by atoms with E-state index in [0.29, 0.717) is 11.7 Å². The van der Waals surface area contributed by atoms with Crippen LogP contribution in [0.15, 0.2) is 48.5 Å². The maximum Gasteiger partial charge on any atom is 0.115 e. The number of benzene rings is 2. The van der Waals surface area contributed by atoms with Crippen molar-refractivity contribution in [1.29, 1.82) is 0 Å². The van der Waals surface area contributed by atoms with Crippen LogP contribution in [0.5, 0.6) is 5.75 Å². The minimum Gasteiger partial charge on any atom is -0.508 e. The smallest absolute Gasteiger partial charge is 0.115 e. The monoisotopic (exact) mass is 239 g/mol. The van der Waals surface area contributed by atoms with E-state index in [-0.39, 0.29) is 6.04 Å². The molecule has 2 unspecified atom stereocenters. The molecule has 0 radical (unpaired) electrons. The molecule has 2 aromatic carbocycles. The molecule has 0 heterocycles. The molecule has 1 aliphatic carbocycles. The summed E-state index contributed by atoms with van der Waals surface area (Å²) in [4.78, 5) is 0. The maximum atomic E-state index is 9.29. The fourth-order valence-corrected chi connectivity index (χ4v) is 2.84. The van der Waals surface area contributed by atoms with Gasteiger partial charge in [0, 0.05) is 6.04 Å². The molecule has 2 nitrogen and oxygen atoms in total. The largest absolute Gasteiger partial charge is 0.508 e. The zero-order valence-corrected chi connectivity index (χ0v) is 10.2. The average Bonchev–Trinajstić information content (AvgIpc) is 2.70. The minimum absolute atomic E-state index is 0.134. The van der Waals surface area contributed by atoms with E-state index in [2.05, 4.69) is 24.3 Å². The Labute approximate surface area is 107 Å². The second-order valence-corrected chi connectivity index (χ2v) is 5.06. The van der Waals surface area contributed by atoms with Crippen LogP contribution < -0.4 is 5.73 Å². The molecule has 0 spiro atoms. The van der Waals surface area contributed by atoms with Gasteiger partial charge in [-0.3, -0.25) is 0 Å². The minimum atomic E-state index is 0.134. The molecule has 3 N–H and O–H groups in total. The lowest BCUT2D eigenvalue weighted by molar-refractivity contribution is 0.461. The van der Waals surface area contributed by atoms with Gasteiger partial charge >= 0.3 is 0 Å². The summed E-state index contributed by atoms with van der Waals surface area (Å²) in [6.45, 7) is 0. The molecular formula is C16H17NO. The molecular weight excluding hydrogens is 222 g/mol. The Morgan fingerprint density at radius 3 is 2.50 bits per heavy atom. The summed E-state index contributed by atoms with van der Waals surface area (Å²) in [5.74, 6) is 0.782. The van der Waals surface area contributed by atoms with Gasteiger partial charge < -0.3 is 10.8 Å². The van der Waals surface area contributed by atoms with Crippen molar-refractivity contribution >= 4 is 0 Å². The molecule has 0 aliphatic heterocycles. The molecule has 18 heavy (non-hydrogen) atoms. The van der Waals surface area contributed by atoms with Gasteiger partial charge in [0.05, 0.1) is 0 Å². The molecule has 2 aromatic rings. The molecule has 0 saturated carbocycles. The standard InChI is InChI=1S/C16H17NO/c17-16-13(9-11-5-7-14(18)8-6-11)10-12-3-1-2-4-15(12)16/h1-8,13,16,18H,9-10,17H2. The molecule has 2 atom stereocenters. The predicted octanol–water partition coefficient (Wildman–Crippen LogP) is 2.81. The second-order valence-electron chi connectivity index (χ2n) is 5.06. The molecule has 0 saturated heterocycles. The van der Waals surface area contributed by atoms with Crippen LogP contribution in [0.1, 0.15) is 22.7 Å². The van der Waals surface area contributed by atoms with Crippen LogP contribution in [0.4, 0.5) is 0 Å². The quantitative estimate of drug-likeness (QED) is 0.846. The lowest BCUT2D eigenvalue weighted by Gasteiger charge is -2.16. The summed E-state index contributed by atoms with van der Waals surface area (Å²) in [5.41, 5.74) is 10.2.